The molecule has 5 rings (SSSR count). The molecular formula is C22H27N5O3. The van der Waals surface area contributed by atoms with Gasteiger partial charge in [0.05, 0.1) is 19.9 Å². The van der Waals surface area contributed by atoms with E-state index in [1.54, 1.807) is 20.5 Å². The summed E-state index contributed by atoms with van der Waals surface area (Å²) >= 11 is 0. The summed E-state index contributed by atoms with van der Waals surface area (Å²) in [6.45, 7) is 5.22. The third-order valence-electron chi connectivity index (χ3n) is 6.23. The average Bonchev–Trinajstić information content (AvgIpc) is 3.15. The van der Waals surface area contributed by atoms with Crippen molar-refractivity contribution in [3.05, 3.63) is 41.1 Å². The van der Waals surface area contributed by atoms with E-state index in [1.165, 1.54) is 11.1 Å². The Hall–Kier alpha value is -2.87. The number of aryl methyl sites for hydroxylation is 1. The molecule has 2 aromatic heterocycles. The molecule has 0 unspecified atom stereocenters. The van der Waals surface area contributed by atoms with Gasteiger partial charge in [0.1, 0.15) is 17.7 Å². The molecular weight excluding hydrogens is 382 g/mol. The number of anilines is 1. The van der Waals surface area contributed by atoms with Gasteiger partial charge in [-0.15, -0.1) is 0 Å². The highest BCUT2D eigenvalue weighted by molar-refractivity contribution is 5.73. The molecule has 3 aromatic rings. The summed E-state index contributed by atoms with van der Waals surface area (Å²) in [5, 5.41) is 4.49. The van der Waals surface area contributed by atoms with Gasteiger partial charge in [0.25, 0.3) is 0 Å². The van der Waals surface area contributed by atoms with Crippen LogP contribution >= 0.6 is 0 Å². The quantitative estimate of drug-likeness (QED) is 0.656. The van der Waals surface area contributed by atoms with Crippen molar-refractivity contribution in [1.29, 1.82) is 0 Å². The van der Waals surface area contributed by atoms with Crippen LogP contribution in [0.1, 0.15) is 41.4 Å². The van der Waals surface area contributed by atoms with Crippen LogP contribution in [0.25, 0.3) is 5.52 Å². The lowest BCUT2D eigenvalue weighted by molar-refractivity contribution is 0.0848. The Balaban J connectivity index is 1.56. The maximum Gasteiger partial charge on any atom is 0.161 e. The normalized spacial score (nSPS) is 17.2. The van der Waals surface area contributed by atoms with E-state index in [-0.39, 0.29) is 0 Å². The smallest absolute Gasteiger partial charge is 0.161 e. The van der Waals surface area contributed by atoms with Gasteiger partial charge in [0.15, 0.2) is 17.3 Å². The molecule has 0 radical (unpaired) electrons. The van der Waals surface area contributed by atoms with Gasteiger partial charge in [-0.3, -0.25) is 0 Å². The van der Waals surface area contributed by atoms with Crippen LogP contribution in [0.2, 0.25) is 0 Å². The largest absolute Gasteiger partial charge is 0.493 e. The van der Waals surface area contributed by atoms with Crippen LogP contribution in [0.4, 0.5) is 5.82 Å². The molecule has 0 atom stereocenters. The topological polar surface area (TPSA) is 74.0 Å². The lowest BCUT2D eigenvalue weighted by Crippen LogP contribution is -2.32. The number of ether oxygens (including phenoxy) is 3. The molecule has 4 heterocycles. The van der Waals surface area contributed by atoms with Crippen LogP contribution in [0, 0.1) is 6.92 Å². The Labute approximate surface area is 175 Å². The van der Waals surface area contributed by atoms with E-state index in [1.807, 2.05) is 11.4 Å². The number of methoxy groups -OCH3 is 2. The van der Waals surface area contributed by atoms with E-state index in [4.69, 9.17) is 24.2 Å². The van der Waals surface area contributed by atoms with E-state index in [9.17, 15) is 0 Å². The van der Waals surface area contributed by atoms with Crippen LogP contribution in [0.5, 0.6) is 11.5 Å². The van der Waals surface area contributed by atoms with Crippen molar-refractivity contribution in [2.45, 2.75) is 38.6 Å². The molecule has 0 N–H and O–H groups in total. The van der Waals surface area contributed by atoms with Crippen molar-refractivity contribution in [3.8, 4) is 11.5 Å². The number of hydrogen-bond donors (Lipinski definition) is 0. The lowest BCUT2D eigenvalue weighted by atomic mass is 9.95. The van der Waals surface area contributed by atoms with Crippen molar-refractivity contribution in [2.24, 2.45) is 0 Å². The standard InChI is InChI=1S/C22H27N5O3/c1-14-25-20(15-5-8-30-9-6-15)21-22(23-13-24-27(14)21)26-7-4-16-10-18(28-2)19(29-3)11-17(16)12-26/h10-11,13,15H,4-9,12H2,1-3H3. The van der Waals surface area contributed by atoms with Crippen LogP contribution in [-0.4, -0.2) is 53.6 Å². The molecule has 0 saturated carbocycles. The maximum absolute atomic E-state index is 5.57. The predicted octanol–water partition coefficient (Wildman–Crippen LogP) is 2.91. The molecule has 158 valence electrons. The molecule has 30 heavy (non-hydrogen) atoms. The van der Waals surface area contributed by atoms with Crippen molar-refractivity contribution >= 4 is 11.3 Å². The SMILES string of the molecule is COc1cc2c(cc1OC)CN(c1ncnn3c(C)nc(C4CCOCC4)c13)CC2. The fourth-order valence-electron chi connectivity index (χ4n) is 4.64. The molecule has 0 aliphatic carbocycles. The Morgan fingerprint density at radius 3 is 2.53 bits per heavy atom. The lowest BCUT2D eigenvalue weighted by Gasteiger charge is -2.31. The highest BCUT2D eigenvalue weighted by Crippen LogP contribution is 2.37. The minimum Gasteiger partial charge on any atom is -0.493 e. The second kappa shape index (κ2) is 7.75. The van der Waals surface area contributed by atoms with Crippen LogP contribution < -0.4 is 14.4 Å². The molecule has 0 spiro atoms. The third-order valence-corrected chi connectivity index (χ3v) is 6.23. The first-order chi connectivity index (χ1) is 14.7. The summed E-state index contributed by atoms with van der Waals surface area (Å²) in [5.74, 6) is 3.77. The average molecular weight is 409 g/mol. The molecule has 2 aliphatic heterocycles. The Morgan fingerprint density at radius 1 is 1.07 bits per heavy atom. The van der Waals surface area contributed by atoms with Crippen LogP contribution in [-0.2, 0) is 17.7 Å². The van der Waals surface area contributed by atoms with Crippen LogP contribution in [0.15, 0.2) is 18.5 Å². The van der Waals surface area contributed by atoms with Gasteiger partial charge < -0.3 is 19.1 Å². The van der Waals surface area contributed by atoms with Gasteiger partial charge in [0.2, 0.25) is 0 Å². The minimum atomic E-state index is 0.383. The van der Waals surface area contributed by atoms with Gasteiger partial charge in [-0.2, -0.15) is 5.10 Å². The zero-order chi connectivity index (χ0) is 20.7. The van der Waals surface area contributed by atoms with Crippen molar-refractivity contribution in [1.82, 2.24) is 19.6 Å². The van der Waals surface area contributed by atoms with Crippen molar-refractivity contribution in [3.63, 3.8) is 0 Å². The molecule has 1 aromatic carbocycles. The highest BCUT2D eigenvalue weighted by Gasteiger charge is 2.28. The van der Waals surface area contributed by atoms with Gasteiger partial charge >= 0.3 is 0 Å². The first-order valence-electron chi connectivity index (χ1n) is 10.5. The predicted molar refractivity (Wildman–Crippen MR) is 113 cm³/mol. The summed E-state index contributed by atoms with van der Waals surface area (Å²) in [6.07, 6.45) is 4.53. The number of aromatic nitrogens is 4. The zero-order valence-electron chi connectivity index (χ0n) is 17.7. The van der Waals surface area contributed by atoms with Crippen LogP contribution in [0.3, 0.4) is 0 Å². The first-order valence-corrected chi connectivity index (χ1v) is 10.5. The van der Waals surface area contributed by atoms with Gasteiger partial charge in [-0.25, -0.2) is 14.5 Å². The van der Waals surface area contributed by atoms with E-state index in [0.29, 0.717) is 5.92 Å². The number of nitrogens with zero attached hydrogens (tertiary/aromatic N) is 5. The second-order valence-corrected chi connectivity index (χ2v) is 7.92. The van der Waals surface area contributed by atoms with Gasteiger partial charge in [0, 0.05) is 32.2 Å². The molecule has 2 aliphatic rings. The van der Waals surface area contributed by atoms with E-state index in [0.717, 1.165) is 79.9 Å². The zero-order valence-corrected chi connectivity index (χ0v) is 17.7. The van der Waals surface area contributed by atoms with Gasteiger partial charge in [-0.1, -0.05) is 0 Å². The minimum absolute atomic E-state index is 0.383. The van der Waals surface area contributed by atoms with Crippen molar-refractivity contribution in [2.75, 3.05) is 38.9 Å². The number of rotatable bonds is 4. The molecule has 0 bridgehead atoms. The Bertz CT molecular complexity index is 1070. The van der Waals surface area contributed by atoms with Gasteiger partial charge in [-0.05, 0) is 49.4 Å². The van der Waals surface area contributed by atoms with E-state index in [2.05, 4.69) is 22.1 Å². The van der Waals surface area contributed by atoms with Crippen molar-refractivity contribution < 1.29 is 14.2 Å². The fraction of sp³-hybridized carbons (Fsp3) is 0.500. The summed E-state index contributed by atoms with van der Waals surface area (Å²) < 4.78 is 18.5. The number of fused-ring (bicyclic) bond motifs is 2. The van der Waals surface area contributed by atoms with E-state index < -0.39 is 0 Å². The summed E-state index contributed by atoms with van der Waals surface area (Å²) in [6, 6.07) is 4.18. The first kappa shape index (κ1) is 19.1. The molecule has 8 nitrogen and oxygen atoms in total. The fourth-order valence-corrected chi connectivity index (χ4v) is 4.64. The highest BCUT2D eigenvalue weighted by atomic mass is 16.5. The maximum atomic E-state index is 5.57. The summed E-state index contributed by atoms with van der Waals surface area (Å²) in [4.78, 5) is 11.9. The number of hydrogen-bond acceptors (Lipinski definition) is 7. The summed E-state index contributed by atoms with van der Waals surface area (Å²) in [5.41, 5.74) is 4.66. The second-order valence-electron chi connectivity index (χ2n) is 7.92. The number of imidazole rings is 1. The molecule has 1 fully saturated rings. The Morgan fingerprint density at radius 2 is 1.80 bits per heavy atom. The number of benzene rings is 1. The molecule has 0 amide bonds. The monoisotopic (exact) mass is 409 g/mol. The third kappa shape index (κ3) is 3.15. The van der Waals surface area contributed by atoms with E-state index >= 15 is 0 Å². The Kier molecular flexibility index (Phi) is 4.94. The summed E-state index contributed by atoms with van der Waals surface area (Å²) in [7, 11) is 3.35. The molecule has 8 heteroatoms. The molecule has 1 saturated heterocycles.